The molecule has 4 heteroatoms. The zero-order valence-electron chi connectivity index (χ0n) is 8.01. The number of rotatable bonds is 1. The molecule has 0 saturated carbocycles. The van der Waals surface area contributed by atoms with Crippen molar-refractivity contribution in [2.45, 2.75) is 0 Å². The Bertz CT molecular complexity index is 432. The van der Waals surface area contributed by atoms with Crippen molar-refractivity contribution in [2.24, 2.45) is 0 Å². The van der Waals surface area contributed by atoms with E-state index in [1.54, 1.807) is 18.2 Å². The molecule has 0 aromatic heterocycles. The Balaban J connectivity index is 3.03. The Morgan fingerprint density at radius 2 is 2.33 bits per heavy atom. The van der Waals surface area contributed by atoms with Gasteiger partial charge in [-0.05, 0) is 18.2 Å². The minimum Gasteiger partial charge on any atom is -0.465 e. The van der Waals surface area contributed by atoms with Gasteiger partial charge < -0.3 is 4.74 Å². The quantitative estimate of drug-likeness (QED) is 0.451. The van der Waals surface area contributed by atoms with Crippen molar-refractivity contribution < 1.29 is 9.53 Å². The molecule has 0 bridgehead atoms. The van der Waals surface area contributed by atoms with Gasteiger partial charge in [0.25, 0.3) is 0 Å². The number of carbonyl (C=O) groups excluding carboxylic acids is 1. The lowest BCUT2D eigenvalue weighted by Crippen LogP contribution is -2.01. The molecule has 78 valence electrons. The van der Waals surface area contributed by atoms with Crippen LogP contribution < -0.4 is 0 Å². The Morgan fingerprint density at radius 1 is 1.60 bits per heavy atom. The largest absolute Gasteiger partial charge is 0.465 e. The number of hydrogen-bond donors (Lipinski definition) is 0. The number of halogens is 2. The summed E-state index contributed by atoms with van der Waals surface area (Å²) in [6.07, 6.45) is 0. The maximum absolute atomic E-state index is 11.2. The van der Waals surface area contributed by atoms with Gasteiger partial charge in [-0.2, -0.15) is 0 Å². The van der Waals surface area contributed by atoms with Crippen LogP contribution in [0.25, 0.3) is 0 Å². The molecule has 0 aliphatic rings. The number of benzene rings is 1. The fourth-order valence-corrected chi connectivity index (χ4v) is 1.40. The van der Waals surface area contributed by atoms with E-state index < -0.39 is 5.97 Å². The zero-order valence-corrected chi connectivity index (χ0v) is 10.4. The normalized spacial score (nSPS) is 9.00. The molecule has 0 spiro atoms. The molecule has 1 rings (SSSR count). The maximum atomic E-state index is 11.2. The lowest BCUT2D eigenvalue weighted by atomic mass is 10.1. The molecule has 1 aromatic carbocycles. The van der Waals surface area contributed by atoms with Crippen molar-refractivity contribution in [3.8, 4) is 11.8 Å². The third-order valence-corrected chi connectivity index (χ3v) is 2.27. The third-order valence-electron chi connectivity index (χ3n) is 1.67. The summed E-state index contributed by atoms with van der Waals surface area (Å²) in [6, 6.07) is 4.98. The van der Waals surface area contributed by atoms with Crippen LogP contribution in [-0.4, -0.2) is 18.4 Å². The van der Waals surface area contributed by atoms with Gasteiger partial charge in [0.1, 0.15) is 0 Å². The molecule has 0 aliphatic carbocycles. The lowest BCUT2D eigenvalue weighted by Gasteiger charge is -2.01. The second-order valence-corrected chi connectivity index (χ2v) is 3.59. The van der Waals surface area contributed by atoms with Crippen molar-refractivity contribution in [2.75, 3.05) is 12.4 Å². The van der Waals surface area contributed by atoms with Crippen LogP contribution in [0, 0.1) is 11.8 Å². The highest BCUT2D eigenvalue weighted by Crippen LogP contribution is 2.18. The molecule has 0 aliphatic heterocycles. The van der Waals surface area contributed by atoms with E-state index in [4.69, 9.17) is 11.6 Å². The molecule has 2 nitrogen and oxygen atoms in total. The molecule has 0 radical (unpaired) electrons. The summed E-state index contributed by atoms with van der Waals surface area (Å²) in [5.41, 5.74) is 1.12. The summed E-state index contributed by atoms with van der Waals surface area (Å²) in [5.74, 6) is 5.29. The van der Waals surface area contributed by atoms with Gasteiger partial charge in [-0.3, -0.25) is 0 Å². The summed E-state index contributed by atoms with van der Waals surface area (Å²) in [4.78, 5) is 11.2. The van der Waals surface area contributed by atoms with Gasteiger partial charge in [-0.15, -0.1) is 0 Å². The van der Waals surface area contributed by atoms with E-state index in [2.05, 4.69) is 32.5 Å². The van der Waals surface area contributed by atoms with E-state index in [9.17, 15) is 4.79 Å². The molecule has 0 N–H and O–H groups in total. The molecule has 0 heterocycles. The number of ether oxygens (including phenoxy) is 1. The molecule has 1 aromatic rings. The summed E-state index contributed by atoms with van der Waals surface area (Å²) >= 11 is 9.10. The van der Waals surface area contributed by atoms with Gasteiger partial charge in [-0.1, -0.05) is 39.4 Å². The molecule has 0 fully saturated rings. The third kappa shape index (κ3) is 3.26. The predicted molar refractivity (Wildman–Crippen MR) is 63.5 cm³/mol. The van der Waals surface area contributed by atoms with Crippen LogP contribution in [0.3, 0.4) is 0 Å². The van der Waals surface area contributed by atoms with Crippen molar-refractivity contribution in [3.05, 3.63) is 34.3 Å². The minimum absolute atomic E-state index is 0.350. The summed E-state index contributed by atoms with van der Waals surface area (Å²) < 4.78 is 4.57. The van der Waals surface area contributed by atoms with E-state index in [0.717, 1.165) is 5.56 Å². The lowest BCUT2D eigenvalue weighted by molar-refractivity contribution is 0.0601. The van der Waals surface area contributed by atoms with Gasteiger partial charge in [0.2, 0.25) is 0 Å². The predicted octanol–water partition coefficient (Wildman–Crippen LogP) is 2.87. The van der Waals surface area contributed by atoms with Crippen LogP contribution in [0.15, 0.2) is 18.2 Å². The van der Waals surface area contributed by atoms with Crippen LogP contribution >= 0.6 is 27.5 Å². The molecule has 15 heavy (non-hydrogen) atoms. The zero-order chi connectivity index (χ0) is 11.3. The molecule has 0 unspecified atom stereocenters. The van der Waals surface area contributed by atoms with E-state index in [1.807, 2.05) is 0 Å². The molecular weight excluding hydrogens is 279 g/mol. The van der Waals surface area contributed by atoms with Crippen LogP contribution in [0.2, 0.25) is 5.02 Å². The second-order valence-electron chi connectivity index (χ2n) is 2.62. The number of esters is 1. The van der Waals surface area contributed by atoms with Crippen molar-refractivity contribution in [1.29, 1.82) is 0 Å². The Morgan fingerprint density at radius 3 is 2.87 bits per heavy atom. The first-order valence-corrected chi connectivity index (χ1v) is 5.61. The van der Waals surface area contributed by atoms with Gasteiger partial charge in [0.15, 0.2) is 0 Å². The number of carbonyl (C=O) groups is 1. The van der Waals surface area contributed by atoms with Crippen molar-refractivity contribution in [3.63, 3.8) is 0 Å². The number of methoxy groups -OCH3 is 1. The fraction of sp³-hybridized carbons (Fsp3) is 0.182. The average Bonchev–Trinajstić information content (AvgIpc) is 2.25. The molecule has 0 atom stereocenters. The van der Waals surface area contributed by atoms with E-state index in [1.165, 1.54) is 7.11 Å². The minimum atomic E-state index is -0.444. The van der Waals surface area contributed by atoms with Gasteiger partial charge in [0.05, 0.1) is 23.0 Å². The first kappa shape index (κ1) is 12.1. The highest BCUT2D eigenvalue weighted by molar-refractivity contribution is 9.09. The first-order valence-electron chi connectivity index (χ1n) is 4.11. The second kappa shape index (κ2) is 5.79. The summed E-state index contributed by atoms with van der Waals surface area (Å²) in [5, 5.41) is 0.951. The van der Waals surface area contributed by atoms with E-state index in [-0.39, 0.29) is 0 Å². The average molecular weight is 288 g/mol. The van der Waals surface area contributed by atoms with Crippen LogP contribution in [-0.2, 0) is 4.74 Å². The van der Waals surface area contributed by atoms with Crippen LogP contribution in [0.5, 0.6) is 0 Å². The van der Waals surface area contributed by atoms with Crippen molar-refractivity contribution in [1.82, 2.24) is 0 Å². The Kier molecular flexibility index (Phi) is 4.67. The van der Waals surface area contributed by atoms with Crippen LogP contribution in [0.4, 0.5) is 0 Å². The van der Waals surface area contributed by atoms with Gasteiger partial charge in [-0.25, -0.2) is 4.79 Å². The fourth-order valence-electron chi connectivity index (χ4n) is 1.00. The maximum Gasteiger partial charge on any atom is 0.339 e. The smallest absolute Gasteiger partial charge is 0.339 e. The molecule has 0 amide bonds. The van der Waals surface area contributed by atoms with Gasteiger partial charge in [0, 0.05) is 5.56 Å². The molecule has 0 saturated heterocycles. The number of hydrogen-bond acceptors (Lipinski definition) is 2. The first-order chi connectivity index (χ1) is 7.19. The van der Waals surface area contributed by atoms with E-state index >= 15 is 0 Å². The van der Waals surface area contributed by atoms with Crippen LogP contribution in [0.1, 0.15) is 15.9 Å². The molecular formula is C11H8BrClO2. The standard InChI is InChI=1S/C11H8BrClO2/c1-15-11(14)9-5-4-8(3-2-6-12)7-10(9)13/h4-5,7H,6H2,1H3. The monoisotopic (exact) mass is 286 g/mol. The highest BCUT2D eigenvalue weighted by Gasteiger charge is 2.09. The highest BCUT2D eigenvalue weighted by atomic mass is 79.9. The summed E-state index contributed by atoms with van der Waals surface area (Å²) in [7, 11) is 1.32. The topological polar surface area (TPSA) is 26.3 Å². The SMILES string of the molecule is COC(=O)c1ccc(C#CCBr)cc1Cl. The Hall–Kier alpha value is -0.980. The van der Waals surface area contributed by atoms with E-state index in [0.29, 0.717) is 15.9 Å². The summed E-state index contributed by atoms with van der Waals surface area (Å²) in [6.45, 7) is 0. The Labute approximate surface area is 102 Å². The van der Waals surface area contributed by atoms with Gasteiger partial charge >= 0.3 is 5.97 Å². The van der Waals surface area contributed by atoms with Crippen molar-refractivity contribution >= 4 is 33.5 Å². The number of alkyl halides is 1.